The van der Waals surface area contributed by atoms with Crippen molar-refractivity contribution < 1.29 is 4.42 Å². The Hall–Kier alpha value is -7.10. The summed E-state index contributed by atoms with van der Waals surface area (Å²) in [5, 5.41) is 2.25. The molecule has 0 saturated carbocycles. The van der Waals surface area contributed by atoms with Crippen LogP contribution in [0.25, 0.3) is 94.3 Å². The molecule has 3 heterocycles. The van der Waals surface area contributed by atoms with Gasteiger partial charge in [-0.15, -0.1) is 0 Å². The predicted octanol–water partition coefficient (Wildman–Crippen LogP) is 13.8. The lowest BCUT2D eigenvalue weighted by molar-refractivity contribution is 0.670. The number of pyridine rings is 1. The van der Waals surface area contributed by atoms with E-state index in [0.29, 0.717) is 0 Å². The minimum atomic E-state index is 0.840. The van der Waals surface area contributed by atoms with Gasteiger partial charge in [0, 0.05) is 41.5 Å². The van der Waals surface area contributed by atoms with Crippen molar-refractivity contribution in [2.75, 3.05) is 6.54 Å². The van der Waals surface area contributed by atoms with Crippen molar-refractivity contribution in [2.24, 2.45) is 4.99 Å². The van der Waals surface area contributed by atoms with Crippen LogP contribution in [-0.2, 0) is 0 Å². The lowest BCUT2D eigenvalue weighted by Gasteiger charge is -2.14. The lowest BCUT2D eigenvalue weighted by atomic mass is 9.90. The zero-order valence-electron chi connectivity index (χ0n) is 30.2. The second kappa shape index (κ2) is 14.0. The normalized spacial score (nSPS) is 12.6. The number of benzene rings is 7. The van der Waals surface area contributed by atoms with Crippen LogP contribution in [0.4, 0.5) is 0 Å². The minimum Gasteiger partial charge on any atom is -0.455 e. The Morgan fingerprint density at radius 3 is 1.51 bits per heavy atom. The van der Waals surface area contributed by atoms with Crippen molar-refractivity contribution in [3.63, 3.8) is 0 Å². The molecule has 2 aromatic heterocycles. The minimum absolute atomic E-state index is 0.840. The van der Waals surface area contributed by atoms with E-state index in [-0.39, 0.29) is 0 Å². The highest BCUT2D eigenvalue weighted by atomic mass is 16.3. The molecule has 0 aliphatic carbocycles. The Kier molecular flexibility index (Phi) is 8.31. The second-order valence-electron chi connectivity index (χ2n) is 14.1. The number of allylic oxidation sites excluding steroid dienone is 1. The van der Waals surface area contributed by atoms with E-state index in [1.54, 1.807) is 0 Å². The molecule has 7 aromatic carbocycles. The third-order valence-electron chi connectivity index (χ3n) is 10.7. The van der Waals surface area contributed by atoms with Crippen LogP contribution in [0.5, 0.6) is 0 Å². The summed E-state index contributed by atoms with van der Waals surface area (Å²) in [4.78, 5) is 8.60. The average molecular weight is 705 g/mol. The first-order chi connectivity index (χ1) is 27.2. The summed E-state index contributed by atoms with van der Waals surface area (Å²) in [6, 6.07) is 61.3. The molecule has 0 unspecified atom stereocenters. The van der Waals surface area contributed by atoms with Crippen molar-refractivity contribution in [1.29, 1.82) is 0 Å². The average Bonchev–Trinajstić information content (AvgIpc) is 3.66. The molecular formula is C52H36N2O. The number of aliphatic imine (C=N–C) groups is 1. The van der Waals surface area contributed by atoms with Gasteiger partial charge in [-0.25, -0.2) is 0 Å². The van der Waals surface area contributed by atoms with E-state index in [4.69, 9.17) is 4.42 Å². The SMILES string of the molecule is C1=NCCC(c2cccc(-c3cccc(-c4cc(-c5cccc(-c6cccc(-c7ccncc7)c6)c5)cc(-c5cccc6c5oc5ccccc56)c4)c3)c2)=C1. The third kappa shape index (κ3) is 6.36. The number of hydrogen-bond donors (Lipinski definition) is 0. The van der Waals surface area contributed by atoms with Gasteiger partial charge in [-0.05, 0) is 145 Å². The van der Waals surface area contributed by atoms with Crippen LogP contribution in [0.1, 0.15) is 12.0 Å². The fourth-order valence-electron chi connectivity index (χ4n) is 7.89. The van der Waals surface area contributed by atoms with Gasteiger partial charge in [0.15, 0.2) is 0 Å². The van der Waals surface area contributed by atoms with Crippen LogP contribution in [0, 0.1) is 0 Å². The van der Waals surface area contributed by atoms with Crippen LogP contribution in [0.3, 0.4) is 0 Å². The molecule has 0 saturated heterocycles. The van der Waals surface area contributed by atoms with Gasteiger partial charge in [0.1, 0.15) is 11.2 Å². The quantitative estimate of drug-likeness (QED) is 0.166. The van der Waals surface area contributed by atoms with Gasteiger partial charge in [-0.3, -0.25) is 9.98 Å². The Labute approximate surface area is 320 Å². The maximum absolute atomic E-state index is 6.58. The molecule has 3 heteroatoms. The number of aromatic nitrogens is 1. The fourth-order valence-corrected chi connectivity index (χ4v) is 7.89. The highest BCUT2D eigenvalue weighted by Gasteiger charge is 2.16. The smallest absolute Gasteiger partial charge is 0.143 e. The van der Waals surface area contributed by atoms with Crippen LogP contribution in [0.2, 0.25) is 0 Å². The van der Waals surface area contributed by atoms with Crippen LogP contribution in [-0.4, -0.2) is 17.7 Å². The highest BCUT2D eigenvalue weighted by molar-refractivity contribution is 6.10. The number of fused-ring (bicyclic) bond motifs is 3. The van der Waals surface area contributed by atoms with E-state index in [9.17, 15) is 0 Å². The summed E-state index contributed by atoms with van der Waals surface area (Å²) < 4.78 is 6.58. The first-order valence-corrected chi connectivity index (χ1v) is 18.8. The number of rotatable bonds is 7. The summed E-state index contributed by atoms with van der Waals surface area (Å²) in [5.41, 5.74) is 18.2. The molecule has 55 heavy (non-hydrogen) atoms. The summed E-state index contributed by atoms with van der Waals surface area (Å²) in [5.74, 6) is 0. The molecule has 1 aliphatic rings. The molecular weight excluding hydrogens is 669 g/mol. The lowest BCUT2D eigenvalue weighted by Crippen LogP contribution is -1.94. The van der Waals surface area contributed by atoms with E-state index in [0.717, 1.165) is 73.8 Å². The van der Waals surface area contributed by atoms with Gasteiger partial charge in [0.25, 0.3) is 0 Å². The monoisotopic (exact) mass is 704 g/mol. The number of nitrogens with zero attached hydrogens (tertiary/aromatic N) is 2. The standard InChI is InChI=1S/C52H36N2O/c1-2-19-51-49(16-1)50-18-7-17-48(52(50)55-51)47-33-45(43-14-5-12-41(30-43)39-10-3-8-37(28-39)35-20-24-53-25-21-35)32-46(34-47)44-15-6-13-42(31-44)40-11-4-9-38(29-40)36-22-26-54-27-23-36/h1-22,24-26,28-34H,23,27H2. The second-order valence-corrected chi connectivity index (χ2v) is 14.1. The van der Waals surface area contributed by atoms with E-state index < -0.39 is 0 Å². The van der Waals surface area contributed by atoms with Crippen molar-refractivity contribution in [3.05, 3.63) is 194 Å². The largest absolute Gasteiger partial charge is 0.455 e. The fraction of sp³-hybridized carbons (Fsp3) is 0.0385. The highest BCUT2D eigenvalue weighted by Crippen LogP contribution is 2.40. The molecule has 0 atom stereocenters. The first-order valence-electron chi connectivity index (χ1n) is 18.8. The number of furan rings is 1. The summed E-state index contributed by atoms with van der Waals surface area (Å²) in [6.07, 6.45) is 8.72. The molecule has 10 rings (SSSR count). The van der Waals surface area contributed by atoms with Crippen molar-refractivity contribution >= 4 is 33.7 Å². The van der Waals surface area contributed by atoms with Gasteiger partial charge in [0.05, 0.1) is 0 Å². The van der Waals surface area contributed by atoms with Crippen LogP contribution >= 0.6 is 0 Å². The Balaban J connectivity index is 1.11. The molecule has 0 spiro atoms. The number of dihydropyridines is 1. The van der Waals surface area contributed by atoms with Gasteiger partial charge < -0.3 is 4.42 Å². The van der Waals surface area contributed by atoms with E-state index >= 15 is 0 Å². The molecule has 260 valence electrons. The molecule has 0 bridgehead atoms. The first kappa shape index (κ1) is 32.5. The van der Waals surface area contributed by atoms with Gasteiger partial charge in [-0.1, -0.05) is 109 Å². The van der Waals surface area contributed by atoms with Gasteiger partial charge in [0.2, 0.25) is 0 Å². The van der Waals surface area contributed by atoms with Crippen molar-refractivity contribution in [3.8, 4) is 66.8 Å². The van der Waals surface area contributed by atoms with E-state index in [2.05, 4.69) is 180 Å². The molecule has 0 N–H and O–H groups in total. The van der Waals surface area contributed by atoms with Crippen molar-refractivity contribution in [1.82, 2.24) is 4.98 Å². The Bertz CT molecular complexity index is 2930. The molecule has 9 aromatic rings. The van der Waals surface area contributed by atoms with Gasteiger partial charge >= 0.3 is 0 Å². The number of hydrogen-bond acceptors (Lipinski definition) is 3. The molecule has 1 aliphatic heterocycles. The third-order valence-corrected chi connectivity index (χ3v) is 10.7. The van der Waals surface area contributed by atoms with Crippen molar-refractivity contribution in [2.45, 2.75) is 6.42 Å². The summed E-state index contributed by atoms with van der Waals surface area (Å²) in [7, 11) is 0. The van der Waals surface area contributed by atoms with Crippen LogP contribution < -0.4 is 0 Å². The molecule has 0 radical (unpaired) electrons. The van der Waals surface area contributed by atoms with Gasteiger partial charge in [-0.2, -0.15) is 0 Å². The zero-order chi connectivity index (χ0) is 36.6. The Morgan fingerprint density at radius 2 is 0.891 bits per heavy atom. The number of para-hydroxylation sites is 2. The Morgan fingerprint density at radius 1 is 0.400 bits per heavy atom. The molecule has 0 amide bonds. The zero-order valence-corrected chi connectivity index (χ0v) is 30.2. The maximum Gasteiger partial charge on any atom is 0.143 e. The summed E-state index contributed by atoms with van der Waals surface area (Å²) >= 11 is 0. The van der Waals surface area contributed by atoms with E-state index in [1.807, 2.05) is 24.7 Å². The van der Waals surface area contributed by atoms with E-state index in [1.165, 1.54) is 39.0 Å². The molecule has 0 fully saturated rings. The predicted molar refractivity (Wildman–Crippen MR) is 230 cm³/mol. The topological polar surface area (TPSA) is 38.4 Å². The molecule has 3 nitrogen and oxygen atoms in total. The van der Waals surface area contributed by atoms with Crippen LogP contribution in [0.15, 0.2) is 198 Å². The summed E-state index contributed by atoms with van der Waals surface area (Å²) in [6.45, 7) is 0.840. The maximum atomic E-state index is 6.58.